The normalized spacial score (nSPS) is 15.4. The van der Waals surface area contributed by atoms with Gasteiger partial charge in [-0.05, 0) is 33.4 Å². The Bertz CT molecular complexity index is 516. The van der Waals surface area contributed by atoms with Crippen LogP contribution in [0.5, 0.6) is 0 Å². The van der Waals surface area contributed by atoms with Gasteiger partial charge in [-0.2, -0.15) is 0 Å². The lowest BCUT2D eigenvalue weighted by molar-refractivity contribution is 0.240. The van der Waals surface area contributed by atoms with Crippen LogP contribution in [-0.4, -0.2) is 84.1 Å². The van der Waals surface area contributed by atoms with E-state index in [0.29, 0.717) is 6.04 Å². The van der Waals surface area contributed by atoms with Crippen molar-refractivity contribution >= 4 is 35.9 Å². The molecule has 0 bridgehead atoms. The van der Waals surface area contributed by atoms with Gasteiger partial charge < -0.3 is 15.1 Å². The maximum atomic E-state index is 4.85. The van der Waals surface area contributed by atoms with Crippen molar-refractivity contribution in [2.75, 3.05) is 57.3 Å². The van der Waals surface area contributed by atoms with Crippen LogP contribution in [0.3, 0.4) is 0 Å². The Balaban J connectivity index is 0.00000338. The van der Waals surface area contributed by atoms with Crippen LogP contribution in [-0.2, 0) is 0 Å². The van der Waals surface area contributed by atoms with Gasteiger partial charge in [-0.3, -0.25) is 9.89 Å². The summed E-state index contributed by atoms with van der Waals surface area (Å²) in [6.07, 6.45) is 3.60. The van der Waals surface area contributed by atoms with Gasteiger partial charge in [0, 0.05) is 57.7 Å². The summed E-state index contributed by atoms with van der Waals surface area (Å²) in [5.41, 5.74) is 0. The number of hydrogen-bond acceptors (Lipinski definition) is 5. The maximum Gasteiger partial charge on any atom is 0.225 e. The van der Waals surface area contributed by atoms with Crippen LogP contribution in [0.15, 0.2) is 23.5 Å². The highest BCUT2D eigenvalue weighted by molar-refractivity contribution is 14.0. The molecule has 0 aromatic carbocycles. The van der Waals surface area contributed by atoms with E-state index in [4.69, 9.17) is 4.99 Å². The first-order valence-corrected chi connectivity index (χ1v) is 9.45. The second-order valence-electron chi connectivity index (χ2n) is 6.48. The van der Waals surface area contributed by atoms with Crippen molar-refractivity contribution in [3.05, 3.63) is 18.5 Å². The summed E-state index contributed by atoms with van der Waals surface area (Å²) in [7, 11) is 0. The van der Waals surface area contributed by atoms with Crippen LogP contribution in [0.4, 0.5) is 5.95 Å². The van der Waals surface area contributed by atoms with E-state index in [0.717, 1.165) is 64.3 Å². The first-order chi connectivity index (χ1) is 12.2. The largest absolute Gasteiger partial charge is 0.357 e. The van der Waals surface area contributed by atoms with E-state index in [1.807, 2.05) is 6.07 Å². The average Bonchev–Trinajstić information content (AvgIpc) is 2.65. The summed E-state index contributed by atoms with van der Waals surface area (Å²) in [6.45, 7) is 16.3. The molecule has 1 aromatic heterocycles. The van der Waals surface area contributed by atoms with E-state index in [-0.39, 0.29) is 24.0 Å². The molecule has 1 aliphatic heterocycles. The van der Waals surface area contributed by atoms with Crippen molar-refractivity contribution in [2.45, 2.75) is 33.7 Å². The molecule has 2 rings (SSSR count). The third kappa shape index (κ3) is 6.86. The van der Waals surface area contributed by atoms with Crippen molar-refractivity contribution in [1.82, 2.24) is 25.1 Å². The molecule has 1 fully saturated rings. The third-order valence-electron chi connectivity index (χ3n) is 4.53. The molecule has 1 aliphatic rings. The number of nitrogens with one attached hydrogen (secondary N) is 1. The molecular formula is C18H34IN7. The van der Waals surface area contributed by atoms with E-state index in [2.05, 4.69) is 57.7 Å². The zero-order valence-electron chi connectivity index (χ0n) is 16.6. The van der Waals surface area contributed by atoms with Crippen LogP contribution >= 0.6 is 24.0 Å². The summed E-state index contributed by atoms with van der Waals surface area (Å²) < 4.78 is 0. The lowest BCUT2D eigenvalue weighted by Crippen LogP contribution is -2.53. The van der Waals surface area contributed by atoms with Gasteiger partial charge >= 0.3 is 0 Å². The highest BCUT2D eigenvalue weighted by Crippen LogP contribution is 2.09. The van der Waals surface area contributed by atoms with E-state index in [9.17, 15) is 0 Å². The van der Waals surface area contributed by atoms with E-state index in [1.165, 1.54) is 0 Å². The first kappa shape index (κ1) is 22.9. The number of aliphatic imine (C=N–C) groups is 1. The molecule has 2 heterocycles. The molecule has 0 unspecified atom stereocenters. The number of piperazine rings is 1. The fourth-order valence-electron chi connectivity index (χ4n) is 3.06. The molecule has 8 heteroatoms. The molecule has 26 heavy (non-hydrogen) atoms. The first-order valence-electron chi connectivity index (χ1n) is 9.45. The average molecular weight is 475 g/mol. The number of likely N-dealkylation sites (N-methyl/N-ethyl adjacent to an activating group) is 1. The van der Waals surface area contributed by atoms with E-state index in [1.54, 1.807) is 12.4 Å². The van der Waals surface area contributed by atoms with Crippen molar-refractivity contribution < 1.29 is 0 Å². The summed E-state index contributed by atoms with van der Waals surface area (Å²) in [5, 5.41) is 3.44. The summed E-state index contributed by atoms with van der Waals surface area (Å²) >= 11 is 0. The Morgan fingerprint density at radius 2 is 1.85 bits per heavy atom. The second-order valence-corrected chi connectivity index (χ2v) is 6.48. The Kier molecular flexibility index (Phi) is 10.8. The van der Waals surface area contributed by atoms with Crippen LogP contribution in [0, 0.1) is 0 Å². The van der Waals surface area contributed by atoms with Crippen LogP contribution in [0.1, 0.15) is 27.7 Å². The number of nitrogens with zero attached hydrogens (tertiary/aromatic N) is 6. The zero-order valence-corrected chi connectivity index (χ0v) is 18.9. The van der Waals surface area contributed by atoms with Gasteiger partial charge in [0.05, 0.1) is 6.54 Å². The maximum absolute atomic E-state index is 4.85. The minimum atomic E-state index is 0. The molecule has 0 saturated carbocycles. The zero-order chi connectivity index (χ0) is 18.1. The number of anilines is 1. The molecule has 148 valence electrons. The predicted octanol–water partition coefficient (Wildman–Crippen LogP) is 1.91. The van der Waals surface area contributed by atoms with Crippen molar-refractivity contribution in [3.8, 4) is 0 Å². The Morgan fingerprint density at radius 3 is 2.38 bits per heavy atom. The molecular weight excluding hydrogens is 441 g/mol. The minimum Gasteiger partial charge on any atom is -0.357 e. The second kappa shape index (κ2) is 12.3. The van der Waals surface area contributed by atoms with Gasteiger partial charge in [0.15, 0.2) is 5.96 Å². The lowest BCUT2D eigenvalue weighted by atomic mass is 10.3. The van der Waals surface area contributed by atoms with Crippen LogP contribution < -0.4 is 10.2 Å². The third-order valence-corrected chi connectivity index (χ3v) is 4.53. The standard InChI is InChI=1S/C18H33N7.HI/c1-5-19-17(22-10-11-23(6-2)16(3)4)24-12-14-25(15-13-24)18-20-8-7-9-21-18;/h7-9,16H,5-6,10-15H2,1-4H3,(H,19,22);1H. The van der Waals surface area contributed by atoms with E-state index < -0.39 is 0 Å². The SMILES string of the molecule is CCNC(=NCCN(CC)C(C)C)N1CCN(c2ncccn2)CC1.I. The Hall–Kier alpha value is -1.16. The molecule has 0 amide bonds. The molecule has 1 N–H and O–H groups in total. The van der Waals surface area contributed by atoms with Gasteiger partial charge in [0.2, 0.25) is 5.95 Å². The van der Waals surface area contributed by atoms with Gasteiger partial charge in [0.1, 0.15) is 0 Å². The van der Waals surface area contributed by atoms with E-state index >= 15 is 0 Å². The van der Waals surface area contributed by atoms with Gasteiger partial charge in [0.25, 0.3) is 0 Å². The fraction of sp³-hybridized carbons (Fsp3) is 0.722. The van der Waals surface area contributed by atoms with Crippen molar-refractivity contribution in [3.63, 3.8) is 0 Å². The summed E-state index contributed by atoms with van der Waals surface area (Å²) in [5.74, 6) is 1.84. The summed E-state index contributed by atoms with van der Waals surface area (Å²) in [6, 6.07) is 2.42. The number of hydrogen-bond donors (Lipinski definition) is 1. The number of guanidine groups is 1. The molecule has 1 saturated heterocycles. The van der Waals surface area contributed by atoms with Crippen LogP contribution in [0.25, 0.3) is 0 Å². The molecule has 7 nitrogen and oxygen atoms in total. The highest BCUT2D eigenvalue weighted by atomic mass is 127. The molecule has 0 radical (unpaired) electrons. The fourth-order valence-corrected chi connectivity index (χ4v) is 3.06. The van der Waals surface area contributed by atoms with Crippen molar-refractivity contribution in [1.29, 1.82) is 0 Å². The molecule has 1 aromatic rings. The topological polar surface area (TPSA) is 59.9 Å². The minimum absolute atomic E-state index is 0. The monoisotopic (exact) mass is 475 g/mol. The smallest absolute Gasteiger partial charge is 0.225 e. The van der Waals surface area contributed by atoms with Crippen molar-refractivity contribution in [2.24, 2.45) is 4.99 Å². The molecule has 0 atom stereocenters. The van der Waals surface area contributed by atoms with Crippen LogP contribution in [0.2, 0.25) is 0 Å². The van der Waals surface area contributed by atoms with Gasteiger partial charge in [-0.1, -0.05) is 6.92 Å². The number of aromatic nitrogens is 2. The van der Waals surface area contributed by atoms with Gasteiger partial charge in [-0.15, -0.1) is 24.0 Å². The molecule has 0 aliphatic carbocycles. The molecule has 0 spiro atoms. The summed E-state index contributed by atoms with van der Waals surface area (Å²) in [4.78, 5) is 20.6. The Morgan fingerprint density at radius 1 is 1.19 bits per heavy atom. The predicted molar refractivity (Wildman–Crippen MR) is 120 cm³/mol. The lowest BCUT2D eigenvalue weighted by Gasteiger charge is -2.36. The Labute approximate surface area is 175 Å². The quantitative estimate of drug-likeness (QED) is 0.370. The van der Waals surface area contributed by atoms with Gasteiger partial charge in [-0.25, -0.2) is 9.97 Å². The number of rotatable bonds is 7. The highest BCUT2D eigenvalue weighted by Gasteiger charge is 2.21. The number of halogens is 1.